The van der Waals surface area contributed by atoms with Crippen LogP contribution >= 0.6 is 24.0 Å². The molecule has 0 saturated heterocycles. The molecule has 3 heteroatoms. The highest BCUT2D eigenvalue weighted by molar-refractivity contribution is 7.80. The molecule has 0 bridgehead atoms. The predicted octanol–water partition coefficient (Wildman–Crippen LogP) is 3.76. The van der Waals surface area contributed by atoms with Gasteiger partial charge in [0.15, 0.2) is 5.06 Å². The molecule has 0 N–H and O–H groups in total. The zero-order chi connectivity index (χ0) is 10.1. The van der Waals surface area contributed by atoms with Crippen molar-refractivity contribution in [2.24, 2.45) is 0 Å². The van der Waals surface area contributed by atoms with E-state index in [9.17, 15) is 0 Å². The van der Waals surface area contributed by atoms with E-state index in [0.717, 1.165) is 16.4 Å². The summed E-state index contributed by atoms with van der Waals surface area (Å²) in [6, 6.07) is 6.31. The summed E-state index contributed by atoms with van der Waals surface area (Å²) in [6.45, 7) is 2.16. The highest BCUT2D eigenvalue weighted by Gasteiger charge is 2.06. The minimum absolute atomic E-state index is 0.966. The topological polar surface area (TPSA) is 9.23 Å². The molecule has 0 unspecified atom stereocenters. The van der Waals surface area contributed by atoms with Crippen LogP contribution in [0, 0.1) is 0 Å². The summed E-state index contributed by atoms with van der Waals surface area (Å²) in [5.74, 6) is 0. The molecule has 0 spiro atoms. The Kier molecular flexibility index (Phi) is 2.70. The average molecular weight is 224 g/mol. The van der Waals surface area contributed by atoms with Gasteiger partial charge in [-0.3, -0.25) is 0 Å². The first-order valence-corrected chi connectivity index (χ1v) is 5.80. The van der Waals surface area contributed by atoms with Crippen LogP contribution in [0.4, 0.5) is 0 Å². The van der Waals surface area contributed by atoms with Crippen LogP contribution in [0.15, 0.2) is 23.1 Å². The van der Waals surface area contributed by atoms with Crippen LogP contribution in [-0.4, -0.2) is 7.11 Å². The van der Waals surface area contributed by atoms with Crippen molar-refractivity contribution in [3.8, 4) is 5.06 Å². The number of hydrogen-bond acceptors (Lipinski definition) is 3. The molecular formula is C11H12OS2. The number of methoxy groups -OCH3 is 1. The van der Waals surface area contributed by atoms with Crippen molar-refractivity contribution in [3.05, 3.63) is 23.8 Å². The van der Waals surface area contributed by atoms with Gasteiger partial charge in [0, 0.05) is 9.60 Å². The molecule has 1 nitrogen and oxygen atoms in total. The van der Waals surface area contributed by atoms with E-state index in [1.807, 2.05) is 0 Å². The highest BCUT2D eigenvalue weighted by Crippen LogP contribution is 2.35. The summed E-state index contributed by atoms with van der Waals surface area (Å²) in [6.07, 6.45) is 1.03. The number of rotatable bonds is 2. The number of benzene rings is 1. The van der Waals surface area contributed by atoms with E-state index >= 15 is 0 Å². The molecule has 0 amide bonds. The molecule has 14 heavy (non-hydrogen) atoms. The molecule has 2 rings (SSSR count). The van der Waals surface area contributed by atoms with Crippen LogP contribution in [0.2, 0.25) is 0 Å². The quantitative estimate of drug-likeness (QED) is 0.764. The Labute approximate surface area is 93.1 Å². The van der Waals surface area contributed by atoms with E-state index in [1.165, 1.54) is 15.6 Å². The molecule has 1 aromatic carbocycles. The fraction of sp³-hybridized carbons (Fsp3) is 0.273. The maximum absolute atomic E-state index is 5.23. The van der Waals surface area contributed by atoms with E-state index in [4.69, 9.17) is 4.74 Å². The van der Waals surface area contributed by atoms with E-state index in [1.54, 1.807) is 18.4 Å². The van der Waals surface area contributed by atoms with Crippen molar-refractivity contribution < 1.29 is 4.74 Å². The predicted molar refractivity (Wildman–Crippen MR) is 65.0 cm³/mol. The van der Waals surface area contributed by atoms with E-state index in [2.05, 4.69) is 37.8 Å². The average Bonchev–Trinajstić information content (AvgIpc) is 2.59. The molecular weight excluding hydrogens is 212 g/mol. The fourth-order valence-electron chi connectivity index (χ4n) is 1.57. The van der Waals surface area contributed by atoms with Gasteiger partial charge in [0.2, 0.25) is 0 Å². The summed E-state index contributed by atoms with van der Waals surface area (Å²) >= 11 is 6.06. The minimum Gasteiger partial charge on any atom is -0.487 e. The number of hydrogen-bond donors (Lipinski definition) is 1. The van der Waals surface area contributed by atoms with Crippen molar-refractivity contribution in [2.45, 2.75) is 18.2 Å². The molecule has 0 aliphatic heterocycles. The van der Waals surface area contributed by atoms with Crippen molar-refractivity contribution in [1.29, 1.82) is 0 Å². The lowest BCUT2D eigenvalue weighted by atomic mass is 10.1. The summed E-state index contributed by atoms with van der Waals surface area (Å²) in [4.78, 5) is 1.03. The monoisotopic (exact) mass is 224 g/mol. The van der Waals surface area contributed by atoms with Crippen molar-refractivity contribution >= 4 is 34.1 Å². The number of thiol groups is 1. The summed E-state index contributed by atoms with van der Waals surface area (Å²) in [5.41, 5.74) is 1.34. The van der Waals surface area contributed by atoms with Gasteiger partial charge in [-0.1, -0.05) is 18.3 Å². The Bertz CT molecular complexity index is 460. The van der Waals surface area contributed by atoms with Crippen LogP contribution in [-0.2, 0) is 6.42 Å². The smallest absolute Gasteiger partial charge is 0.174 e. The first-order chi connectivity index (χ1) is 6.74. The first-order valence-electron chi connectivity index (χ1n) is 4.54. The highest BCUT2D eigenvalue weighted by atomic mass is 32.1. The third-order valence-electron chi connectivity index (χ3n) is 2.27. The van der Waals surface area contributed by atoms with Gasteiger partial charge in [-0.05, 0) is 35.6 Å². The van der Waals surface area contributed by atoms with Gasteiger partial charge >= 0.3 is 0 Å². The molecule has 0 saturated carbocycles. The number of thiophene rings is 1. The molecule has 0 fully saturated rings. The maximum atomic E-state index is 5.23. The molecule has 0 atom stereocenters. The summed E-state index contributed by atoms with van der Waals surface area (Å²) in [5, 5.41) is 2.26. The van der Waals surface area contributed by atoms with Crippen LogP contribution in [0.1, 0.15) is 12.5 Å². The van der Waals surface area contributed by atoms with Crippen molar-refractivity contribution in [1.82, 2.24) is 0 Å². The third kappa shape index (κ3) is 1.62. The molecule has 0 radical (unpaired) electrons. The van der Waals surface area contributed by atoms with E-state index in [0.29, 0.717) is 0 Å². The molecule has 0 aliphatic carbocycles. The van der Waals surface area contributed by atoms with Gasteiger partial charge in [0.25, 0.3) is 0 Å². The Hall–Kier alpha value is -0.670. The van der Waals surface area contributed by atoms with Crippen LogP contribution in [0.3, 0.4) is 0 Å². The Morgan fingerprint density at radius 1 is 1.36 bits per heavy atom. The van der Waals surface area contributed by atoms with Crippen molar-refractivity contribution in [3.63, 3.8) is 0 Å². The molecule has 0 aliphatic rings. The van der Waals surface area contributed by atoms with Gasteiger partial charge in [-0.15, -0.1) is 12.6 Å². The van der Waals surface area contributed by atoms with Crippen LogP contribution in [0.25, 0.3) is 10.1 Å². The lowest BCUT2D eigenvalue weighted by molar-refractivity contribution is 0.427. The standard InChI is InChI=1S/C11H12OS2/c1-3-7-4-8(13)5-10-9(7)6-11(12-2)14-10/h4-6,13H,3H2,1-2H3. The zero-order valence-electron chi connectivity index (χ0n) is 8.20. The second-order valence-electron chi connectivity index (χ2n) is 3.14. The van der Waals surface area contributed by atoms with Crippen LogP contribution < -0.4 is 4.74 Å². The molecule has 2 aromatic rings. The molecule has 1 heterocycles. The first kappa shape index (κ1) is 9.87. The van der Waals surface area contributed by atoms with Crippen LogP contribution in [0.5, 0.6) is 5.06 Å². The lowest BCUT2D eigenvalue weighted by Crippen LogP contribution is -1.80. The largest absolute Gasteiger partial charge is 0.487 e. The zero-order valence-corrected chi connectivity index (χ0v) is 9.91. The number of ether oxygens (including phenoxy) is 1. The minimum atomic E-state index is 0.966. The van der Waals surface area contributed by atoms with Gasteiger partial charge in [0.1, 0.15) is 0 Å². The Morgan fingerprint density at radius 2 is 2.14 bits per heavy atom. The van der Waals surface area contributed by atoms with Gasteiger partial charge in [-0.25, -0.2) is 0 Å². The van der Waals surface area contributed by atoms with Gasteiger partial charge in [-0.2, -0.15) is 0 Å². The second-order valence-corrected chi connectivity index (χ2v) is 4.70. The SMILES string of the molecule is CCc1cc(S)cc2sc(OC)cc12. The summed E-state index contributed by atoms with van der Waals surface area (Å²) < 4.78 is 6.49. The van der Waals surface area contributed by atoms with Gasteiger partial charge < -0.3 is 4.74 Å². The fourth-order valence-corrected chi connectivity index (χ4v) is 2.90. The second kappa shape index (κ2) is 3.83. The summed E-state index contributed by atoms with van der Waals surface area (Å²) in [7, 11) is 1.71. The molecule has 1 aromatic heterocycles. The Balaban J connectivity index is 2.71. The lowest BCUT2D eigenvalue weighted by Gasteiger charge is -2.00. The third-order valence-corrected chi connectivity index (χ3v) is 3.57. The van der Waals surface area contributed by atoms with Crippen molar-refractivity contribution in [2.75, 3.05) is 7.11 Å². The van der Waals surface area contributed by atoms with E-state index in [-0.39, 0.29) is 0 Å². The number of aryl methyl sites for hydroxylation is 1. The normalized spacial score (nSPS) is 10.8. The molecule has 74 valence electrons. The Morgan fingerprint density at radius 3 is 2.79 bits per heavy atom. The van der Waals surface area contributed by atoms with E-state index < -0.39 is 0 Å². The number of fused-ring (bicyclic) bond motifs is 1. The van der Waals surface area contributed by atoms with Gasteiger partial charge in [0.05, 0.1) is 7.11 Å². The maximum Gasteiger partial charge on any atom is 0.174 e.